The van der Waals surface area contributed by atoms with Gasteiger partial charge in [0.25, 0.3) is 0 Å². The molecule has 2 N–H and O–H groups in total. The molecule has 12 heteroatoms. The number of rotatable bonds is 14. The van der Waals surface area contributed by atoms with Gasteiger partial charge >= 0.3 is 0 Å². The maximum absolute atomic E-state index is 14.7. The lowest BCUT2D eigenvalue weighted by atomic mass is 9.37. The monoisotopic (exact) mass is 872 g/mol. The van der Waals surface area contributed by atoms with Crippen LogP contribution in [0.1, 0.15) is 76.5 Å². The Bertz CT molecular complexity index is 2630. The molecule has 2 aromatic heterocycles. The summed E-state index contributed by atoms with van der Waals surface area (Å²) < 4.78 is 48.2. The second kappa shape index (κ2) is 14.6. The van der Waals surface area contributed by atoms with Crippen LogP contribution in [0.2, 0.25) is 5.02 Å². The van der Waals surface area contributed by atoms with E-state index in [0.717, 1.165) is 69.2 Å². The molecular formula is C51H51ClF2N4O5. The molecule has 0 spiro atoms. The third-order valence-electron chi connectivity index (χ3n) is 16.4. The highest BCUT2D eigenvalue weighted by Gasteiger charge is 2.72. The van der Waals surface area contributed by atoms with E-state index in [9.17, 15) is 18.4 Å². The van der Waals surface area contributed by atoms with Crippen molar-refractivity contribution < 1.29 is 32.6 Å². The number of nitrogens with zero attached hydrogens (tertiary/aromatic N) is 2. The molecule has 0 radical (unpaired) electrons. The molecule has 11 atom stereocenters. The number of hydrogen-bond acceptors (Lipinski definition) is 7. The Morgan fingerprint density at radius 3 is 2.00 bits per heavy atom. The smallest absolute Gasteiger partial charge is 0.228 e. The second-order valence-corrected chi connectivity index (χ2v) is 20.8. The standard InChI is InChI=1S/C51H51ClF2N4O5/c1-25(44-33-17-31(18-34(33)44)62-42-13-14-55-39-11-7-28(53)15-37(39)42)48(59)58-51-22-50(23-51,24-51)47(61-2)41-21-43(38-16-29(54)8-12-40(38)57-41)63-32-19-35-36(20-32)46(35)45(26-3-4-26)49(60)56-30-9-5-27(52)6-10-30/h5-16,21,25-26,31-36,44-47H,3-4,17-20,22-24H2,1-2H3,(H,56,60)(H,58,59)/t25?,31-,32-,33-,34+,35-,36+,44+,45?,46+,47?,50?,51?. The van der Waals surface area contributed by atoms with Gasteiger partial charge in [-0.2, -0.15) is 0 Å². The third kappa shape index (κ3) is 6.86. The first-order chi connectivity index (χ1) is 30.5. The Hall–Kier alpha value is -4.87. The number of carbonyl (C=O) groups is 2. The van der Waals surface area contributed by atoms with Gasteiger partial charge in [-0.3, -0.25) is 14.6 Å². The molecule has 13 rings (SSSR count). The number of benzene rings is 3. The number of carbonyl (C=O) groups excluding carboxylic acids is 2. The molecule has 2 bridgehead atoms. The largest absolute Gasteiger partial charge is 0.490 e. The van der Waals surface area contributed by atoms with Gasteiger partial charge in [-0.15, -0.1) is 0 Å². The summed E-state index contributed by atoms with van der Waals surface area (Å²) in [5.41, 5.74) is 2.51. The summed E-state index contributed by atoms with van der Waals surface area (Å²) in [6, 6.07) is 20.3. The number of amides is 2. The van der Waals surface area contributed by atoms with Crippen molar-refractivity contribution in [3.8, 4) is 11.5 Å². The van der Waals surface area contributed by atoms with E-state index in [2.05, 4.69) is 22.5 Å². The van der Waals surface area contributed by atoms with Crippen LogP contribution in [-0.4, -0.2) is 46.6 Å². The summed E-state index contributed by atoms with van der Waals surface area (Å²) in [6.45, 7) is 2.06. The SMILES string of the molecule is COC(c1cc(O[C@@H]2C[C@@H]3[C@H](C2)[C@H]3C(C(=O)Nc2ccc(Cl)cc2)C2CC2)c2cc(F)ccc2n1)C12CC(NC(=O)C(C)[C@H]3[C@@H]4C[C@@H](Oc5ccnc6ccc(F)cc56)C[C@@H]43)(C1)C2. The summed E-state index contributed by atoms with van der Waals surface area (Å²) in [7, 11) is 1.72. The van der Waals surface area contributed by atoms with Crippen LogP contribution in [0.25, 0.3) is 21.8 Å². The van der Waals surface area contributed by atoms with E-state index in [1.807, 2.05) is 18.2 Å². The average Bonchev–Trinajstić information content (AvgIpc) is 4.21. The van der Waals surface area contributed by atoms with Crippen LogP contribution >= 0.6 is 11.6 Å². The van der Waals surface area contributed by atoms with Crippen molar-refractivity contribution in [1.82, 2.24) is 15.3 Å². The molecule has 8 aliphatic rings. The fraction of sp³-hybridized carbons (Fsp3) is 0.490. The number of pyridine rings is 2. The molecule has 8 aliphatic carbocycles. The molecule has 8 fully saturated rings. The molecule has 3 unspecified atom stereocenters. The molecule has 2 heterocycles. The van der Waals surface area contributed by atoms with Crippen LogP contribution in [0.3, 0.4) is 0 Å². The Morgan fingerprint density at radius 1 is 0.762 bits per heavy atom. The fourth-order valence-corrected chi connectivity index (χ4v) is 13.7. The van der Waals surface area contributed by atoms with Gasteiger partial charge in [0.15, 0.2) is 0 Å². The van der Waals surface area contributed by atoms with Crippen molar-refractivity contribution in [2.75, 3.05) is 12.4 Å². The highest BCUT2D eigenvalue weighted by atomic mass is 35.5. The van der Waals surface area contributed by atoms with Crippen LogP contribution in [0.4, 0.5) is 14.5 Å². The molecule has 63 heavy (non-hydrogen) atoms. The van der Waals surface area contributed by atoms with E-state index in [-0.39, 0.29) is 64.6 Å². The van der Waals surface area contributed by atoms with Gasteiger partial charge in [-0.05, 0) is 166 Å². The van der Waals surface area contributed by atoms with Gasteiger partial charge in [0.1, 0.15) is 29.2 Å². The van der Waals surface area contributed by atoms with Gasteiger partial charge < -0.3 is 24.8 Å². The van der Waals surface area contributed by atoms with E-state index in [0.29, 0.717) is 79.8 Å². The Morgan fingerprint density at radius 2 is 1.37 bits per heavy atom. The quantitative estimate of drug-likeness (QED) is 0.114. The molecule has 0 saturated heterocycles. The van der Waals surface area contributed by atoms with Gasteiger partial charge in [0, 0.05) is 63.6 Å². The van der Waals surface area contributed by atoms with Crippen molar-refractivity contribution >= 4 is 50.9 Å². The number of ether oxygens (including phenoxy) is 3. The van der Waals surface area contributed by atoms with E-state index in [1.165, 1.54) is 24.3 Å². The van der Waals surface area contributed by atoms with Crippen molar-refractivity contribution in [3.63, 3.8) is 0 Å². The summed E-state index contributed by atoms with van der Waals surface area (Å²) in [5, 5.41) is 8.58. The predicted octanol–water partition coefficient (Wildman–Crippen LogP) is 10.2. The summed E-state index contributed by atoms with van der Waals surface area (Å²) in [5.74, 6) is 3.64. The normalized spacial score (nSPS) is 33.3. The lowest BCUT2D eigenvalue weighted by molar-refractivity contribution is -0.226. The van der Waals surface area contributed by atoms with Crippen LogP contribution < -0.4 is 20.1 Å². The molecule has 5 aromatic rings. The van der Waals surface area contributed by atoms with Crippen LogP contribution in [-0.2, 0) is 14.3 Å². The number of methoxy groups -OCH3 is 1. The van der Waals surface area contributed by atoms with Crippen molar-refractivity contribution in [3.05, 3.63) is 101 Å². The maximum atomic E-state index is 14.7. The topological polar surface area (TPSA) is 112 Å². The number of anilines is 1. The minimum atomic E-state index is -0.343. The average molecular weight is 873 g/mol. The van der Waals surface area contributed by atoms with Gasteiger partial charge in [0.2, 0.25) is 11.8 Å². The molecular weight excluding hydrogens is 822 g/mol. The van der Waals surface area contributed by atoms with Crippen LogP contribution in [0, 0.1) is 70.3 Å². The number of fused-ring (bicyclic) bond motifs is 4. The minimum Gasteiger partial charge on any atom is -0.490 e. The zero-order valence-electron chi connectivity index (χ0n) is 35.4. The Balaban J connectivity index is 0.673. The molecule has 3 aromatic carbocycles. The highest BCUT2D eigenvalue weighted by molar-refractivity contribution is 6.30. The van der Waals surface area contributed by atoms with Crippen molar-refractivity contribution in [2.24, 2.45) is 58.7 Å². The fourth-order valence-electron chi connectivity index (χ4n) is 13.6. The number of hydrogen-bond donors (Lipinski definition) is 2. The summed E-state index contributed by atoms with van der Waals surface area (Å²) in [6.07, 6.45) is 9.52. The van der Waals surface area contributed by atoms with Crippen molar-refractivity contribution in [1.29, 1.82) is 0 Å². The lowest BCUT2D eigenvalue weighted by Crippen LogP contribution is -2.76. The zero-order chi connectivity index (χ0) is 42.9. The van der Waals surface area contributed by atoms with E-state index >= 15 is 0 Å². The molecule has 2 amide bonds. The second-order valence-electron chi connectivity index (χ2n) is 20.3. The van der Waals surface area contributed by atoms with E-state index in [4.69, 9.17) is 30.8 Å². The van der Waals surface area contributed by atoms with E-state index in [1.54, 1.807) is 43.6 Å². The third-order valence-corrected chi connectivity index (χ3v) is 16.7. The van der Waals surface area contributed by atoms with Crippen molar-refractivity contribution in [2.45, 2.75) is 88.6 Å². The maximum Gasteiger partial charge on any atom is 0.228 e. The van der Waals surface area contributed by atoms with Crippen LogP contribution in [0.15, 0.2) is 79.0 Å². The van der Waals surface area contributed by atoms with E-state index < -0.39 is 0 Å². The Kier molecular flexibility index (Phi) is 9.18. The molecule has 326 valence electrons. The number of aromatic nitrogens is 2. The number of nitrogens with one attached hydrogen (secondary N) is 2. The zero-order valence-corrected chi connectivity index (χ0v) is 36.1. The first kappa shape index (κ1) is 39.7. The van der Waals surface area contributed by atoms with Crippen LogP contribution in [0.5, 0.6) is 11.5 Å². The molecule has 9 nitrogen and oxygen atoms in total. The summed E-state index contributed by atoms with van der Waals surface area (Å²) in [4.78, 5) is 36.7. The lowest BCUT2D eigenvalue weighted by Gasteiger charge is -2.72. The first-order valence-corrected chi connectivity index (χ1v) is 23.2. The molecule has 0 aliphatic heterocycles. The highest BCUT2D eigenvalue weighted by Crippen LogP contribution is 2.73. The van der Waals surface area contributed by atoms with Gasteiger partial charge in [-0.25, -0.2) is 13.8 Å². The minimum absolute atomic E-state index is 0.00199. The summed E-state index contributed by atoms with van der Waals surface area (Å²) >= 11 is 6.07. The van der Waals surface area contributed by atoms with Gasteiger partial charge in [-0.1, -0.05) is 18.5 Å². The van der Waals surface area contributed by atoms with Gasteiger partial charge in [0.05, 0.1) is 28.9 Å². The number of halogens is 3. The molecule has 8 saturated carbocycles. The first-order valence-electron chi connectivity index (χ1n) is 22.9. The Labute approximate surface area is 370 Å². The predicted molar refractivity (Wildman–Crippen MR) is 234 cm³/mol.